The van der Waals surface area contributed by atoms with Crippen molar-refractivity contribution in [1.82, 2.24) is 10.2 Å². The zero-order valence-electron chi connectivity index (χ0n) is 28.7. The average Bonchev–Trinajstić information content (AvgIpc) is 3.68. The fourth-order valence-electron chi connectivity index (χ4n) is 8.62. The van der Waals surface area contributed by atoms with Crippen molar-refractivity contribution in [3.8, 4) is 5.75 Å². The summed E-state index contributed by atoms with van der Waals surface area (Å²) in [6, 6.07) is 39.7. The van der Waals surface area contributed by atoms with Crippen molar-refractivity contribution >= 4 is 23.5 Å². The van der Waals surface area contributed by atoms with Crippen LogP contribution in [0.25, 0.3) is 0 Å². The fourth-order valence-corrected chi connectivity index (χ4v) is 8.62. The summed E-state index contributed by atoms with van der Waals surface area (Å²) in [7, 11) is 0. The number of aliphatic hydroxyl groups is 2. The number of para-hydroxylation sites is 2. The van der Waals surface area contributed by atoms with Crippen molar-refractivity contribution in [3.05, 3.63) is 167 Å². The molecule has 7 atom stereocenters. The summed E-state index contributed by atoms with van der Waals surface area (Å²) in [5, 5.41) is 26.9. The van der Waals surface area contributed by atoms with Gasteiger partial charge < -0.3 is 30.3 Å². The maximum atomic E-state index is 15.1. The second kappa shape index (κ2) is 14.3. The van der Waals surface area contributed by atoms with E-state index in [0.29, 0.717) is 28.1 Å². The summed E-state index contributed by atoms with van der Waals surface area (Å²) < 4.78 is 12.6. The lowest BCUT2D eigenvalue weighted by Crippen LogP contribution is -2.55. The highest BCUT2D eigenvalue weighted by Gasteiger charge is 2.74. The quantitative estimate of drug-likeness (QED) is 0.146. The highest BCUT2D eigenvalue weighted by atomic mass is 16.6. The summed E-state index contributed by atoms with van der Waals surface area (Å²) in [6.07, 6.45) is -1.85. The van der Waals surface area contributed by atoms with Crippen molar-refractivity contribution in [2.24, 2.45) is 5.92 Å². The second-order valence-electron chi connectivity index (χ2n) is 13.5. The number of aliphatic hydroxyl groups excluding tert-OH is 2. The maximum absolute atomic E-state index is 15.1. The lowest BCUT2D eigenvalue weighted by atomic mass is 9.65. The number of nitrogens with zero attached hydrogens (tertiary/aromatic N) is 1. The first kappa shape index (κ1) is 34.3. The highest BCUT2D eigenvalue weighted by Crippen LogP contribution is 2.65. The third kappa shape index (κ3) is 5.76. The Bertz CT molecular complexity index is 2110. The number of rotatable bonds is 10. The predicted octanol–water partition coefficient (Wildman–Crippen LogP) is 5.18. The Hall–Kier alpha value is -5.81. The van der Waals surface area contributed by atoms with Crippen molar-refractivity contribution in [1.29, 1.82) is 0 Å². The molecule has 5 aromatic carbocycles. The molecule has 2 fully saturated rings. The minimum atomic E-state index is -1.68. The SMILES string of the molecule is O=C1OC(c2ccccc2)C(c2ccccc2)N2C1C(C(=O)NCC(O)c1ccccc1)C1(C(=O)Nc3ccccc31)C2c1ccccc1OCCO. The van der Waals surface area contributed by atoms with Gasteiger partial charge >= 0.3 is 5.97 Å². The number of cyclic esters (lactones) is 1. The Kier molecular flexibility index (Phi) is 9.26. The summed E-state index contributed by atoms with van der Waals surface area (Å²) in [5.41, 5.74) is 2.16. The molecule has 0 radical (unpaired) electrons. The van der Waals surface area contributed by atoms with Gasteiger partial charge in [-0.25, -0.2) is 0 Å². The average molecular weight is 710 g/mol. The van der Waals surface area contributed by atoms with Gasteiger partial charge in [0.25, 0.3) is 0 Å². The minimum absolute atomic E-state index is 0.0129. The van der Waals surface area contributed by atoms with Gasteiger partial charge in [0.05, 0.1) is 30.7 Å². The topological polar surface area (TPSA) is 137 Å². The van der Waals surface area contributed by atoms with Crippen molar-refractivity contribution in [3.63, 3.8) is 0 Å². The molecule has 10 nitrogen and oxygen atoms in total. The largest absolute Gasteiger partial charge is 0.491 e. The van der Waals surface area contributed by atoms with Crippen molar-refractivity contribution in [2.75, 3.05) is 25.1 Å². The number of amides is 2. The Morgan fingerprint density at radius 2 is 1.43 bits per heavy atom. The first-order valence-corrected chi connectivity index (χ1v) is 17.8. The van der Waals surface area contributed by atoms with E-state index in [0.717, 1.165) is 11.1 Å². The lowest BCUT2D eigenvalue weighted by Gasteiger charge is -2.46. The van der Waals surface area contributed by atoms with Gasteiger partial charge in [0.1, 0.15) is 29.9 Å². The highest BCUT2D eigenvalue weighted by molar-refractivity contribution is 6.12. The van der Waals surface area contributed by atoms with Gasteiger partial charge in [0, 0.05) is 17.8 Å². The van der Waals surface area contributed by atoms with E-state index in [1.165, 1.54) is 0 Å². The molecule has 4 N–H and O–H groups in total. The van der Waals surface area contributed by atoms with Crippen LogP contribution in [0.4, 0.5) is 5.69 Å². The number of anilines is 1. The predicted molar refractivity (Wildman–Crippen MR) is 196 cm³/mol. The van der Waals surface area contributed by atoms with Crippen LogP contribution >= 0.6 is 0 Å². The number of fused-ring (bicyclic) bond motifs is 3. The van der Waals surface area contributed by atoms with E-state index in [9.17, 15) is 15.0 Å². The molecular weight excluding hydrogens is 670 g/mol. The Labute approximate surface area is 307 Å². The van der Waals surface area contributed by atoms with Crippen LogP contribution in [0.1, 0.15) is 52.1 Å². The lowest BCUT2D eigenvalue weighted by molar-refractivity contribution is -0.178. The third-order valence-corrected chi connectivity index (χ3v) is 10.7. The number of morpholine rings is 1. The van der Waals surface area contributed by atoms with Crippen molar-refractivity contribution < 1.29 is 34.1 Å². The van der Waals surface area contributed by atoms with E-state index >= 15 is 9.59 Å². The van der Waals surface area contributed by atoms with Gasteiger partial charge in [-0.2, -0.15) is 0 Å². The van der Waals surface area contributed by atoms with E-state index < -0.39 is 59.5 Å². The number of hydrogen-bond donors (Lipinski definition) is 4. The molecule has 2 saturated heterocycles. The van der Waals surface area contributed by atoms with Crippen LogP contribution in [0.15, 0.2) is 140 Å². The molecule has 3 aliphatic heterocycles. The first-order valence-electron chi connectivity index (χ1n) is 17.8. The molecule has 0 bridgehead atoms. The number of benzene rings is 5. The number of nitrogens with one attached hydrogen (secondary N) is 2. The van der Waals surface area contributed by atoms with Gasteiger partial charge in [0.2, 0.25) is 11.8 Å². The number of ether oxygens (including phenoxy) is 2. The molecule has 5 aromatic rings. The molecule has 0 saturated carbocycles. The van der Waals surface area contributed by atoms with E-state index in [1.807, 2.05) is 102 Å². The molecule has 0 aliphatic carbocycles. The second-order valence-corrected chi connectivity index (χ2v) is 13.5. The number of carbonyl (C=O) groups excluding carboxylic acids is 3. The van der Waals surface area contributed by atoms with Crippen molar-refractivity contribution in [2.45, 2.75) is 35.7 Å². The van der Waals surface area contributed by atoms with Crippen LogP contribution in [0.2, 0.25) is 0 Å². The molecule has 2 amide bonds. The molecule has 10 heteroatoms. The van der Waals surface area contributed by atoms with E-state index in [2.05, 4.69) is 10.6 Å². The Morgan fingerprint density at radius 3 is 2.15 bits per heavy atom. The molecule has 53 heavy (non-hydrogen) atoms. The smallest absolute Gasteiger partial charge is 0.324 e. The molecule has 0 aromatic heterocycles. The monoisotopic (exact) mass is 709 g/mol. The fraction of sp³-hybridized carbons (Fsp3) is 0.233. The third-order valence-electron chi connectivity index (χ3n) is 10.7. The Balaban J connectivity index is 1.38. The van der Waals surface area contributed by atoms with Gasteiger partial charge in [0.15, 0.2) is 0 Å². The van der Waals surface area contributed by atoms with E-state index in [4.69, 9.17) is 9.47 Å². The summed E-state index contributed by atoms with van der Waals surface area (Å²) >= 11 is 0. The first-order chi connectivity index (χ1) is 25.9. The Morgan fingerprint density at radius 1 is 0.811 bits per heavy atom. The maximum Gasteiger partial charge on any atom is 0.324 e. The van der Waals surface area contributed by atoms with Gasteiger partial charge in [-0.15, -0.1) is 0 Å². The normalized spacial score (nSPS) is 25.2. The minimum Gasteiger partial charge on any atom is -0.491 e. The molecule has 3 heterocycles. The number of hydrogen-bond acceptors (Lipinski definition) is 8. The molecular formula is C43H39N3O7. The van der Waals surface area contributed by atoms with Crippen LogP contribution in [0.3, 0.4) is 0 Å². The molecule has 7 unspecified atom stereocenters. The molecule has 268 valence electrons. The zero-order valence-corrected chi connectivity index (χ0v) is 28.7. The standard InChI is InChI=1S/C43H39N3O7/c47-24-25-52-34-23-13-10-20-30(34)39-43(31-21-11-12-22-32(31)45-42(43)51)35(40(49)44-26-33(48)27-14-4-1-5-15-27)37-41(50)53-38(29-18-8-3-9-19-29)36(46(37)39)28-16-6-2-7-17-28/h1-23,33,35-39,47-48H,24-26H2,(H,44,49)(H,45,51). The number of carbonyl (C=O) groups is 3. The van der Waals surface area contributed by atoms with Crippen LogP contribution in [-0.2, 0) is 24.5 Å². The van der Waals surface area contributed by atoms with Gasteiger partial charge in [-0.05, 0) is 34.4 Å². The van der Waals surface area contributed by atoms with Gasteiger partial charge in [-0.1, -0.05) is 127 Å². The zero-order chi connectivity index (χ0) is 36.5. The summed E-state index contributed by atoms with van der Waals surface area (Å²) in [6.45, 7) is -0.416. The van der Waals surface area contributed by atoms with Gasteiger partial charge in [-0.3, -0.25) is 19.3 Å². The van der Waals surface area contributed by atoms with E-state index in [1.54, 1.807) is 42.5 Å². The summed E-state index contributed by atoms with van der Waals surface area (Å²) in [5.74, 6) is -2.60. The molecule has 3 aliphatic rings. The van der Waals surface area contributed by atoms with E-state index in [-0.39, 0.29) is 19.8 Å². The molecule has 8 rings (SSSR count). The summed E-state index contributed by atoms with van der Waals surface area (Å²) in [4.78, 5) is 46.9. The van der Waals surface area contributed by atoms with Crippen LogP contribution < -0.4 is 15.4 Å². The molecule has 1 spiro atoms. The van der Waals surface area contributed by atoms with Crippen LogP contribution in [0, 0.1) is 5.92 Å². The van der Waals surface area contributed by atoms with Crippen LogP contribution in [0.5, 0.6) is 5.75 Å². The van der Waals surface area contributed by atoms with Crippen LogP contribution in [-0.4, -0.2) is 58.7 Å². The number of esters is 1.